The number of hydrogen-bond donors (Lipinski definition) is 1. The van der Waals surface area contributed by atoms with E-state index in [2.05, 4.69) is 27.3 Å². The van der Waals surface area contributed by atoms with Gasteiger partial charge in [-0.3, -0.25) is 5.32 Å². The van der Waals surface area contributed by atoms with Gasteiger partial charge in [0, 0.05) is 11.0 Å². The van der Waals surface area contributed by atoms with Crippen molar-refractivity contribution in [2.24, 2.45) is 0 Å². The first-order valence-corrected chi connectivity index (χ1v) is 5.57. The van der Waals surface area contributed by atoms with E-state index in [-0.39, 0.29) is 6.04 Å². The molecule has 3 heteroatoms. The third-order valence-corrected chi connectivity index (χ3v) is 2.74. The van der Waals surface area contributed by atoms with E-state index < -0.39 is 0 Å². The van der Waals surface area contributed by atoms with Crippen LogP contribution in [0.3, 0.4) is 0 Å². The summed E-state index contributed by atoms with van der Waals surface area (Å²) in [4.78, 5) is 0. The number of nitriles is 1. The molecule has 1 aromatic rings. The van der Waals surface area contributed by atoms with Crippen LogP contribution in [0.1, 0.15) is 18.5 Å². The van der Waals surface area contributed by atoms with Gasteiger partial charge in [-0.05, 0) is 18.6 Å². The standard InChI is InChI=1S/C12H13BrN2/c1-2-3-8-15-12(9-14)10-6-4-5-7-11(10)13/h2-7,12,15H,8H2,1H3/b3-2+. The van der Waals surface area contributed by atoms with E-state index in [1.165, 1.54) is 0 Å². The van der Waals surface area contributed by atoms with E-state index in [9.17, 15) is 0 Å². The molecule has 0 amide bonds. The van der Waals surface area contributed by atoms with Crippen LogP contribution in [0, 0.1) is 11.3 Å². The second-order valence-electron chi connectivity index (χ2n) is 3.06. The van der Waals surface area contributed by atoms with Gasteiger partial charge in [0.15, 0.2) is 0 Å². The average Bonchev–Trinajstić information content (AvgIpc) is 2.26. The maximum atomic E-state index is 9.05. The smallest absolute Gasteiger partial charge is 0.122 e. The largest absolute Gasteiger partial charge is 0.295 e. The topological polar surface area (TPSA) is 35.8 Å². The van der Waals surface area contributed by atoms with E-state index in [0.717, 1.165) is 10.0 Å². The number of nitrogens with zero attached hydrogens (tertiary/aromatic N) is 1. The van der Waals surface area contributed by atoms with Gasteiger partial charge in [0.2, 0.25) is 0 Å². The van der Waals surface area contributed by atoms with Gasteiger partial charge in [0.25, 0.3) is 0 Å². The van der Waals surface area contributed by atoms with Crippen LogP contribution < -0.4 is 5.32 Å². The fourth-order valence-electron chi connectivity index (χ4n) is 1.24. The van der Waals surface area contributed by atoms with Crippen LogP contribution in [-0.2, 0) is 0 Å². The van der Waals surface area contributed by atoms with Crippen molar-refractivity contribution < 1.29 is 0 Å². The molecule has 0 aromatic heterocycles. The molecule has 1 rings (SSSR count). The maximum absolute atomic E-state index is 9.05. The highest BCUT2D eigenvalue weighted by Gasteiger charge is 2.11. The Morgan fingerprint density at radius 3 is 2.87 bits per heavy atom. The highest BCUT2D eigenvalue weighted by Crippen LogP contribution is 2.22. The first-order chi connectivity index (χ1) is 7.29. The molecule has 15 heavy (non-hydrogen) atoms. The first kappa shape index (κ1) is 12.0. The summed E-state index contributed by atoms with van der Waals surface area (Å²) in [5, 5.41) is 12.2. The fourth-order valence-corrected chi connectivity index (χ4v) is 1.75. The Labute approximate surface area is 98.7 Å². The Morgan fingerprint density at radius 2 is 2.27 bits per heavy atom. The molecule has 0 saturated carbocycles. The molecule has 0 aliphatic rings. The number of rotatable bonds is 4. The lowest BCUT2D eigenvalue weighted by Gasteiger charge is -2.11. The molecular weight excluding hydrogens is 252 g/mol. The van der Waals surface area contributed by atoms with Crippen molar-refractivity contribution in [1.29, 1.82) is 5.26 Å². The molecule has 1 N–H and O–H groups in total. The number of nitrogens with one attached hydrogen (secondary N) is 1. The van der Waals surface area contributed by atoms with Crippen molar-refractivity contribution in [3.63, 3.8) is 0 Å². The normalized spacial score (nSPS) is 12.6. The van der Waals surface area contributed by atoms with Gasteiger partial charge in [-0.15, -0.1) is 0 Å². The molecule has 0 aliphatic heterocycles. The van der Waals surface area contributed by atoms with Crippen LogP contribution >= 0.6 is 15.9 Å². The van der Waals surface area contributed by atoms with Gasteiger partial charge in [0.1, 0.15) is 6.04 Å². The lowest BCUT2D eigenvalue weighted by atomic mass is 10.1. The fraction of sp³-hybridized carbons (Fsp3) is 0.250. The molecule has 0 saturated heterocycles. The Kier molecular flexibility index (Phi) is 5.09. The van der Waals surface area contributed by atoms with Gasteiger partial charge in [-0.1, -0.05) is 46.3 Å². The minimum atomic E-state index is -0.267. The van der Waals surface area contributed by atoms with E-state index in [4.69, 9.17) is 5.26 Å². The van der Waals surface area contributed by atoms with Crippen molar-refractivity contribution in [1.82, 2.24) is 5.32 Å². The van der Waals surface area contributed by atoms with Crippen LogP contribution in [-0.4, -0.2) is 6.54 Å². The molecule has 2 nitrogen and oxygen atoms in total. The summed E-state index contributed by atoms with van der Waals surface area (Å²) in [6.07, 6.45) is 3.95. The summed E-state index contributed by atoms with van der Waals surface area (Å²) in [7, 11) is 0. The predicted octanol–water partition coefficient (Wildman–Crippen LogP) is 3.18. The van der Waals surface area contributed by atoms with Crippen LogP contribution in [0.5, 0.6) is 0 Å². The van der Waals surface area contributed by atoms with E-state index in [0.29, 0.717) is 6.54 Å². The molecule has 1 atom stereocenters. The molecule has 78 valence electrons. The number of benzene rings is 1. The third-order valence-electron chi connectivity index (χ3n) is 2.02. The monoisotopic (exact) mass is 264 g/mol. The summed E-state index contributed by atoms with van der Waals surface area (Å²) >= 11 is 3.44. The average molecular weight is 265 g/mol. The maximum Gasteiger partial charge on any atom is 0.122 e. The zero-order valence-electron chi connectivity index (χ0n) is 8.57. The van der Waals surface area contributed by atoms with E-state index >= 15 is 0 Å². The highest BCUT2D eigenvalue weighted by molar-refractivity contribution is 9.10. The molecule has 0 radical (unpaired) electrons. The molecule has 0 fully saturated rings. The minimum Gasteiger partial charge on any atom is -0.295 e. The highest BCUT2D eigenvalue weighted by atomic mass is 79.9. The zero-order valence-corrected chi connectivity index (χ0v) is 10.2. The number of hydrogen-bond acceptors (Lipinski definition) is 2. The zero-order chi connectivity index (χ0) is 11.1. The van der Waals surface area contributed by atoms with Crippen LogP contribution in [0.2, 0.25) is 0 Å². The van der Waals surface area contributed by atoms with Gasteiger partial charge in [0.05, 0.1) is 6.07 Å². The van der Waals surface area contributed by atoms with E-state index in [1.54, 1.807) is 0 Å². The van der Waals surface area contributed by atoms with Crippen molar-refractivity contribution in [3.05, 3.63) is 46.5 Å². The molecule has 0 heterocycles. The Morgan fingerprint density at radius 1 is 1.53 bits per heavy atom. The molecule has 1 unspecified atom stereocenters. The summed E-state index contributed by atoms with van der Waals surface area (Å²) in [5.41, 5.74) is 0.976. The predicted molar refractivity (Wildman–Crippen MR) is 65.3 cm³/mol. The van der Waals surface area contributed by atoms with Crippen molar-refractivity contribution in [2.75, 3.05) is 6.54 Å². The van der Waals surface area contributed by atoms with Crippen LogP contribution in [0.25, 0.3) is 0 Å². The number of allylic oxidation sites excluding steroid dienone is 1. The summed E-state index contributed by atoms with van der Waals surface area (Å²) in [5.74, 6) is 0. The van der Waals surface area contributed by atoms with Crippen molar-refractivity contribution in [3.8, 4) is 6.07 Å². The van der Waals surface area contributed by atoms with E-state index in [1.807, 2.05) is 43.3 Å². The number of halogens is 1. The van der Waals surface area contributed by atoms with Gasteiger partial charge in [-0.2, -0.15) is 5.26 Å². The molecule has 0 aliphatic carbocycles. The molecule has 0 bridgehead atoms. The van der Waals surface area contributed by atoms with Crippen molar-refractivity contribution >= 4 is 15.9 Å². The van der Waals surface area contributed by atoms with Gasteiger partial charge < -0.3 is 0 Å². The molecular formula is C12H13BrN2. The van der Waals surface area contributed by atoms with Crippen LogP contribution in [0.15, 0.2) is 40.9 Å². The lowest BCUT2D eigenvalue weighted by molar-refractivity contribution is 0.680. The Balaban J connectivity index is 2.75. The summed E-state index contributed by atoms with van der Waals surface area (Å²) in [6, 6.07) is 9.73. The second kappa shape index (κ2) is 6.39. The lowest BCUT2D eigenvalue weighted by Crippen LogP contribution is -2.20. The Hall–Kier alpha value is -1.11. The first-order valence-electron chi connectivity index (χ1n) is 4.78. The van der Waals surface area contributed by atoms with Crippen LogP contribution in [0.4, 0.5) is 0 Å². The minimum absolute atomic E-state index is 0.267. The molecule has 0 spiro atoms. The molecule has 1 aromatic carbocycles. The van der Waals surface area contributed by atoms with Gasteiger partial charge in [-0.25, -0.2) is 0 Å². The summed E-state index contributed by atoms with van der Waals surface area (Å²) < 4.78 is 0.963. The van der Waals surface area contributed by atoms with Crippen molar-refractivity contribution in [2.45, 2.75) is 13.0 Å². The SMILES string of the molecule is C/C=C/CNC(C#N)c1ccccc1Br. The Bertz CT molecular complexity index is 379. The quantitative estimate of drug-likeness (QED) is 0.849. The summed E-state index contributed by atoms with van der Waals surface area (Å²) in [6.45, 7) is 2.66. The van der Waals surface area contributed by atoms with Gasteiger partial charge >= 0.3 is 0 Å². The third kappa shape index (κ3) is 3.50. The second-order valence-corrected chi connectivity index (χ2v) is 3.92.